The van der Waals surface area contributed by atoms with E-state index in [9.17, 15) is 19.3 Å². The fourth-order valence-electron chi connectivity index (χ4n) is 1.53. The smallest absolute Gasteiger partial charge is 0.314 e. The molecule has 0 N–H and O–H groups in total. The molecule has 21 heavy (non-hydrogen) atoms. The summed E-state index contributed by atoms with van der Waals surface area (Å²) in [5, 5.41) is 10.8. The Balaban J connectivity index is 2.19. The van der Waals surface area contributed by atoms with Crippen LogP contribution in [-0.4, -0.2) is 17.3 Å². The number of ketones is 1. The van der Waals surface area contributed by atoms with Crippen LogP contribution in [0.1, 0.15) is 10.4 Å². The monoisotopic (exact) mass is 349 g/mol. The minimum absolute atomic E-state index is 0.130. The Morgan fingerprint density at radius 2 is 2.14 bits per heavy atom. The minimum Gasteiger partial charge on any atom is -0.476 e. The number of thiophene rings is 1. The zero-order valence-electron chi connectivity index (χ0n) is 10.1. The second kappa shape index (κ2) is 6.38. The fraction of sp³-hybridized carbons (Fsp3) is 0.0833. The van der Waals surface area contributed by atoms with Crippen LogP contribution in [-0.2, 0) is 0 Å². The number of hydrogen-bond acceptors (Lipinski definition) is 5. The van der Waals surface area contributed by atoms with E-state index in [2.05, 4.69) is 0 Å². The first-order valence-corrected chi connectivity index (χ1v) is 7.01. The summed E-state index contributed by atoms with van der Waals surface area (Å²) in [7, 11) is 0. The summed E-state index contributed by atoms with van der Waals surface area (Å²) in [4.78, 5) is 21.9. The van der Waals surface area contributed by atoms with Gasteiger partial charge in [-0.1, -0.05) is 29.3 Å². The van der Waals surface area contributed by atoms with Crippen molar-refractivity contribution >= 4 is 46.0 Å². The van der Waals surface area contributed by atoms with E-state index in [1.807, 2.05) is 0 Å². The average molecular weight is 350 g/mol. The SMILES string of the molecule is O=C(COc1c(F)cccc1[N+](=O)[O-])c1cc(Cl)sc1Cl. The molecule has 2 aromatic rings. The first kappa shape index (κ1) is 15.7. The number of carbonyl (C=O) groups excluding carboxylic acids is 1. The van der Waals surface area contributed by atoms with Gasteiger partial charge in [-0.15, -0.1) is 11.3 Å². The van der Waals surface area contributed by atoms with Gasteiger partial charge in [-0.05, 0) is 12.1 Å². The van der Waals surface area contributed by atoms with Gasteiger partial charge in [-0.25, -0.2) is 4.39 Å². The van der Waals surface area contributed by atoms with Crippen LogP contribution in [0.15, 0.2) is 24.3 Å². The molecule has 0 atom stereocenters. The quantitative estimate of drug-likeness (QED) is 0.456. The van der Waals surface area contributed by atoms with Gasteiger partial charge in [0.2, 0.25) is 11.5 Å². The predicted molar refractivity (Wildman–Crippen MR) is 77.2 cm³/mol. The lowest BCUT2D eigenvalue weighted by molar-refractivity contribution is -0.386. The van der Waals surface area contributed by atoms with Crippen molar-refractivity contribution in [3.05, 3.63) is 54.4 Å². The average Bonchev–Trinajstić information content (AvgIpc) is 2.75. The molecule has 1 aromatic heterocycles. The molecule has 0 aliphatic rings. The standard InChI is InChI=1S/C12H6Cl2FNO4S/c13-10-4-6(12(14)21-10)9(17)5-20-11-7(15)2-1-3-8(11)16(18)19/h1-4H,5H2. The molecule has 0 bridgehead atoms. The lowest BCUT2D eigenvalue weighted by Gasteiger charge is -2.06. The fourth-order valence-corrected chi connectivity index (χ4v) is 3.03. The molecule has 0 aliphatic carbocycles. The molecule has 0 spiro atoms. The first-order chi connectivity index (χ1) is 9.90. The molecule has 9 heteroatoms. The number of Topliss-reactive ketones (excluding diaryl/α,β-unsaturated/α-hetero) is 1. The van der Waals surface area contributed by atoms with Crippen molar-refractivity contribution < 1.29 is 18.8 Å². The van der Waals surface area contributed by atoms with Gasteiger partial charge in [0.25, 0.3) is 0 Å². The maximum atomic E-state index is 13.6. The number of hydrogen-bond donors (Lipinski definition) is 0. The van der Waals surface area contributed by atoms with Crippen LogP contribution in [0.25, 0.3) is 0 Å². The predicted octanol–water partition coefficient (Wildman–Crippen LogP) is 4.36. The lowest BCUT2D eigenvalue weighted by Crippen LogP contribution is -2.12. The molecule has 0 aliphatic heterocycles. The van der Waals surface area contributed by atoms with Gasteiger partial charge >= 0.3 is 5.69 Å². The van der Waals surface area contributed by atoms with Crippen LogP contribution in [0.5, 0.6) is 5.75 Å². The van der Waals surface area contributed by atoms with Crippen LogP contribution >= 0.6 is 34.5 Å². The summed E-state index contributed by atoms with van der Waals surface area (Å²) in [6.07, 6.45) is 0. The molecule has 0 fully saturated rings. The lowest BCUT2D eigenvalue weighted by atomic mass is 10.2. The first-order valence-electron chi connectivity index (χ1n) is 5.44. The van der Waals surface area contributed by atoms with E-state index >= 15 is 0 Å². The van der Waals surface area contributed by atoms with Crippen LogP contribution in [0.4, 0.5) is 10.1 Å². The van der Waals surface area contributed by atoms with Crippen molar-refractivity contribution in [1.82, 2.24) is 0 Å². The third-order valence-electron chi connectivity index (χ3n) is 2.45. The van der Waals surface area contributed by atoms with E-state index in [1.54, 1.807) is 0 Å². The Hall–Kier alpha value is -1.70. The Bertz CT molecular complexity index is 719. The number of nitro benzene ring substituents is 1. The highest BCUT2D eigenvalue weighted by atomic mass is 35.5. The van der Waals surface area contributed by atoms with Crippen LogP contribution < -0.4 is 4.74 Å². The number of ether oxygens (including phenoxy) is 1. The number of nitro groups is 1. The summed E-state index contributed by atoms with van der Waals surface area (Å²) in [6, 6.07) is 4.62. The molecule has 0 radical (unpaired) electrons. The van der Waals surface area contributed by atoms with E-state index in [1.165, 1.54) is 12.1 Å². The van der Waals surface area contributed by atoms with Crippen molar-refractivity contribution in [3.8, 4) is 5.75 Å². The van der Waals surface area contributed by atoms with Gasteiger partial charge in [-0.3, -0.25) is 14.9 Å². The van der Waals surface area contributed by atoms with E-state index in [4.69, 9.17) is 27.9 Å². The number of halogens is 3. The van der Waals surface area contributed by atoms with E-state index in [-0.39, 0.29) is 9.90 Å². The van der Waals surface area contributed by atoms with Gasteiger partial charge in [0.05, 0.1) is 14.8 Å². The number of nitrogens with zero attached hydrogens (tertiary/aromatic N) is 1. The van der Waals surface area contributed by atoms with Crippen molar-refractivity contribution in [2.45, 2.75) is 0 Å². The van der Waals surface area contributed by atoms with Gasteiger partial charge < -0.3 is 4.74 Å². The minimum atomic E-state index is -0.925. The Morgan fingerprint density at radius 1 is 1.43 bits per heavy atom. The molecular formula is C12H6Cl2FNO4S. The van der Waals surface area contributed by atoms with Crippen molar-refractivity contribution in [2.24, 2.45) is 0 Å². The summed E-state index contributed by atoms with van der Waals surface area (Å²) >= 11 is 12.5. The zero-order chi connectivity index (χ0) is 15.6. The zero-order valence-corrected chi connectivity index (χ0v) is 12.5. The van der Waals surface area contributed by atoms with Gasteiger partial charge in [0.15, 0.2) is 12.4 Å². The normalized spacial score (nSPS) is 10.4. The number of benzene rings is 1. The van der Waals surface area contributed by atoms with Gasteiger partial charge in [0, 0.05) is 6.07 Å². The van der Waals surface area contributed by atoms with Crippen LogP contribution in [0.3, 0.4) is 0 Å². The van der Waals surface area contributed by atoms with Gasteiger partial charge in [0.1, 0.15) is 4.34 Å². The van der Waals surface area contributed by atoms with E-state index < -0.39 is 34.6 Å². The summed E-state index contributed by atoms with van der Waals surface area (Å²) in [6.45, 7) is -0.589. The van der Waals surface area contributed by atoms with E-state index in [0.717, 1.165) is 23.5 Å². The third kappa shape index (κ3) is 3.49. The Kier molecular flexibility index (Phi) is 4.76. The molecule has 1 aromatic carbocycles. The molecule has 0 saturated carbocycles. The summed E-state index contributed by atoms with van der Waals surface area (Å²) < 4.78 is 19.0. The van der Waals surface area contributed by atoms with Crippen molar-refractivity contribution in [3.63, 3.8) is 0 Å². The highest BCUT2D eigenvalue weighted by Crippen LogP contribution is 2.33. The van der Waals surface area contributed by atoms with Crippen molar-refractivity contribution in [2.75, 3.05) is 6.61 Å². The second-order valence-electron chi connectivity index (χ2n) is 3.79. The number of rotatable bonds is 5. The van der Waals surface area contributed by atoms with Crippen molar-refractivity contribution in [1.29, 1.82) is 0 Å². The number of carbonyl (C=O) groups is 1. The molecule has 2 rings (SSSR count). The molecule has 110 valence electrons. The Morgan fingerprint density at radius 3 is 2.71 bits per heavy atom. The molecule has 0 unspecified atom stereocenters. The van der Waals surface area contributed by atoms with Crippen LogP contribution in [0.2, 0.25) is 8.67 Å². The largest absolute Gasteiger partial charge is 0.476 e. The van der Waals surface area contributed by atoms with Gasteiger partial charge in [-0.2, -0.15) is 0 Å². The molecule has 0 amide bonds. The highest BCUT2D eigenvalue weighted by Gasteiger charge is 2.22. The molecule has 0 saturated heterocycles. The molecule has 1 heterocycles. The summed E-state index contributed by atoms with van der Waals surface area (Å²) in [5.41, 5.74) is -0.428. The molecular weight excluding hydrogens is 344 g/mol. The maximum absolute atomic E-state index is 13.6. The third-order valence-corrected chi connectivity index (χ3v) is 3.94. The Labute approximate surface area is 132 Å². The molecule has 5 nitrogen and oxygen atoms in total. The van der Waals surface area contributed by atoms with E-state index in [0.29, 0.717) is 4.34 Å². The highest BCUT2D eigenvalue weighted by molar-refractivity contribution is 7.20. The summed E-state index contributed by atoms with van der Waals surface area (Å²) in [5.74, 6) is -2.07. The second-order valence-corrected chi connectivity index (χ2v) is 6.08. The maximum Gasteiger partial charge on any atom is 0.314 e. The van der Waals surface area contributed by atoms with Crippen LogP contribution in [0, 0.1) is 15.9 Å². The topological polar surface area (TPSA) is 69.4 Å². The number of para-hydroxylation sites is 1.